The van der Waals surface area contributed by atoms with Crippen LogP contribution in [0.2, 0.25) is 5.02 Å². The van der Waals surface area contributed by atoms with Crippen LogP contribution in [0, 0.1) is 0 Å². The summed E-state index contributed by atoms with van der Waals surface area (Å²) < 4.78 is 5.37. The van der Waals surface area contributed by atoms with Crippen molar-refractivity contribution in [2.45, 2.75) is 12.7 Å². The molecule has 0 aromatic heterocycles. The highest BCUT2D eigenvalue weighted by atomic mass is 35.5. The van der Waals surface area contributed by atoms with Gasteiger partial charge in [0.1, 0.15) is 0 Å². The van der Waals surface area contributed by atoms with E-state index in [1.807, 2.05) is 12.1 Å². The molecule has 0 heterocycles. The molecule has 0 radical (unpaired) electrons. The smallest absolute Gasteiger partial charge is 0.233 e. The van der Waals surface area contributed by atoms with E-state index >= 15 is 0 Å². The van der Waals surface area contributed by atoms with Crippen molar-refractivity contribution >= 4 is 17.5 Å². The number of aliphatic hydroxyl groups excluding tert-OH is 1. The first-order chi connectivity index (χ1) is 9.11. The van der Waals surface area contributed by atoms with Crippen LogP contribution in [0.4, 0.5) is 0 Å². The lowest BCUT2D eigenvalue weighted by molar-refractivity contribution is -0.119. The monoisotopic (exact) mass is 286 g/mol. The first kappa shape index (κ1) is 15.9. The molecular formula is C13H19ClN2O3. The Morgan fingerprint density at radius 3 is 2.74 bits per heavy atom. The Balaban J connectivity index is 2.11. The van der Waals surface area contributed by atoms with E-state index in [4.69, 9.17) is 16.3 Å². The van der Waals surface area contributed by atoms with Crippen molar-refractivity contribution in [3.8, 4) is 0 Å². The molecule has 6 heteroatoms. The van der Waals surface area contributed by atoms with Crippen LogP contribution >= 0.6 is 11.6 Å². The van der Waals surface area contributed by atoms with E-state index in [2.05, 4.69) is 10.6 Å². The lowest BCUT2D eigenvalue weighted by Crippen LogP contribution is -2.37. The standard InChI is InChI=1S/C13H19ClN2O3/c1-15-13(18)7-16-6-12(17)9-19-8-10-2-4-11(14)5-3-10/h2-5,12,16-17H,6-9H2,1H3,(H,15,18). The van der Waals surface area contributed by atoms with Crippen molar-refractivity contribution in [2.24, 2.45) is 0 Å². The number of aliphatic hydroxyl groups is 1. The van der Waals surface area contributed by atoms with Gasteiger partial charge in [-0.15, -0.1) is 0 Å². The molecule has 1 unspecified atom stereocenters. The highest BCUT2D eigenvalue weighted by Gasteiger charge is 2.05. The van der Waals surface area contributed by atoms with E-state index in [0.29, 0.717) is 18.2 Å². The summed E-state index contributed by atoms with van der Waals surface area (Å²) in [7, 11) is 1.57. The van der Waals surface area contributed by atoms with Crippen molar-refractivity contribution in [3.63, 3.8) is 0 Å². The molecule has 3 N–H and O–H groups in total. The summed E-state index contributed by atoms with van der Waals surface area (Å²) >= 11 is 5.77. The maximum Gasteiger partial charge on any atom is 0.233 e. The maximum atomic E-state index is 10.9. The normalized spacial score (nSPS) is 12.2. The Morgan fingerprint density at radius 2 is 2.11 bits per heavy atom. The zero-order valence-electron chi connectivity index (χ0n) is 10.9. The molecule has 19 heavy (non-hydrogen) atoms. The van der Waals surface area contributed by atoms with Gasteiger partial charge in [-0.05, 0) is 17.7 Å². The summed E-state index contributed by atoms with van der Waals surface area (Å²) in [6.07, 6.45) is -0.642. The molecule has 1 aromatic rings. The molecule has 0 saturated carbocycles. The highest BCUT2D eigenvalue weighted by molar-refractivity contribution is 6.30. The number of carbonyl (C=O) groups excluding carboxylic acids is 1. The number of rotatable bonds is 8. The minimum Gasteiger partial charge on any atom is -0.389 e. The minimum atomic E-state index is -0.642. The highest BCUT2D eigenvalue weighted by Crippen LogP contribution is 2.10. The molecule has 0 saturated heterocycles. The zero-order chi connectivity index (χ0) is 14.1. The first-order valence-electron chi connectivity index (χ1n) is 6.03. The number of likely N-dealkylation sites (N-methyl/N-ethyl adjacent to an activating group) is 1. The van der Waals surface area contributed by atoms with Crippen LogP contribution in [0.15, 0.2) is 24.3 Å². The predicted molar refractivity (Wildman–Crippen MR) is 74.1 cm³/mol. The summed E-state index contributed by atoms with van der Waals surface area (Å²) in [6.45, 7) is 1.13. The van der Waals surface area contributed by atoms with Gasteiger partial charge in [-0.25, -0.2) is 0 Å². The molecule has 1 atom stereocenters. The van der Waals surface area contributed by atoms with Gasteiger partial charge in [0.05, 0.1) is 25.9 Å². The molecule has 0 aliphatic carbocycles. The zero-order valence-corrected chi connectivity index (χ0v) is 11.6. The van der Waals surface area contributed by atoms with Gasteiger partial charge in [-0.1, -0.05) is 23.7 Å². The van der Waals surface area contributed by atoms with Gasteiger partial charge in [-0.3, -0.25) is 4.79 Å². The molecule has 0 aliphatic rings. The van der Waals surface area contributed by atoms with Gasteiger partial charge < -0.3 is 20.5 Å². The number of halogens is 1. The summed E-state index contributed by atoms with van der Waals surface area (Å²) in [4.78, 5) is 10.9. The van der Waals surface area contributed by atoms with Crippen LogP contribution in [-0.2, 0) is 16.1 Å². The van der Waals surface area contributed by atoms with Gasteiger partial charge in [0.2, 0.25) is 5.91 Å². The fourth-order valence-corrected chi connectivity index (χ4v) is 1.52. The van der Waals surface area contributed by atoms with Crippen LogP contribution < -0.4 is 10.6 Å². The molecule has 0 aliphatic heterocycles. The molecule has 1 amide bonds. The third kappa shape index (κ3) is 7.12. The number of benzene rings is 1. The van der Waals surface area contributed by atoms with Crippen LogP contribution in [0.5, 0.6) is 0 Å². The van der Waals surface area contributed by atoms with Crippen LogP contribution in [0.3, 0.4) is 0 Å². The Bertz CT molecular complexity index is 384. The van der Waals surface area contributed by atoms with Gasteiger partial charge in [0, 0.05) is 18.6 Å². The summed E-state index contributed by atoms with van der Waals surface area (Å²) in [5, 5.41) is 15.6. The van der Waals surface area contributed by atoms with E-state index < -0.39 is 6.10 Å². The SMILES string of the molecule is CNC(=O)CNCC(O)COCc1ccc(Cl)cc1. The summed E-state index contributed by atoms with van der Waals surface area (Å²) in [5.41, 5.74) is 0.995. The third-order valence-electron chi connectivity index (χ3n) is 2.44. The topological polar surface area (TPSA) is 70.6 Å². The average molecular weight is 287 g/mol. The van der Waals surface area contributed by atoms with Gasteiger partial charge >= 0.3 is 0 Å². The largest absolute Gasteiger partial charge is 0.389 e. The number of amides is 1. The third-order valence-corrected chi connectivity index (χ3v) is 2.69. The van der Waals surface area contributed by atoms with Gasteiger partial charge in [0.25, 0.3) is 0 Å². The Labute approximate surface area is 117 Å². The second-order valence-electron chi connectivity index (χ2n) is 4.10. The van der Waals surface area contributed by atoms with E-state index in [9.17, 15) is 9.90 Å². The fourth-order valence-electron chi connectivity index (χ4n) is 1.39. The minimum absolute atomic E-state index is 0.116. The van der Waals surface area contributed by atoms with Gasteiger partial charge in [-0.2, -0.15) is 0 Å². The molecule has 5 nitrogen and oxygen atoms in total. The molecule has 0 bridgehead atoms. The van der Waals surface area contributed by atoms with E-state index in [1.165, 1.54) is 0 Å². The summed E-state index contributed by atoms with van der Waals surface area (Å²) in [5.74, 6) is -0.116. The van der Waals surface area contributed by atoms with Crippen LogP contribution in [0.25, 0.3) is 0 Å². The maximum absolute atomic E-state index is 10.9. The van der Waals surface area contributed by atoms with Crippen molar-refractivity contribution in [1.29, 1.82) is 0 Å². The van der Waals surface area contributed by atoms with Crippen LogP contribution in [-0.4, -0.2) is 43.9 Å². The average Bonchev–Trinajstić information content (AvgIpc) is 2.41. The number of hydrogen-bond acceptors (Lipinski definition) is 4. The van der Waals surface area contributed by atoms with Crippen molar-refractivity contribution in [3.05, 3.63) is 34.9 Å². The lowest BCUT2D eigenvalue weighted by Gasteiger charge is -2.12. The molecule has 1 aromatic carbocycles. The van der Waals surface area contributed by atoms with Crippen molar-refractivity contribution in [2.75, 3.05) is 26.7 Å². The second kappa shape index (κ2) is 8.87. The second-order valence-corrected chi connectivity index (χ2v) is 4.54. The van der Waals surface area contributed by atoms with Crippen molar-refractivity contribution < 1.29 is 14.6 Å². The van der Waals surface area contributed by atoms with Gasteiger partial charge in [0.15, 0.2) is 0 Å². The molecule has 1 rings (SSSR count). The fraction of sp³-hybridized carbons (Fsp3) is 0.462. The van der Waals surface area contributed by atoms with E-state index in [0.717, 1.165) is 5.56 Å². The van der Waals surface area contributed by atoms with Crippen molar-refractivity contribution in [1.82, 2.24) is 10.6 Å². The number of nitrogens with one attached hydrogen (secondary N) is 2. The Kier molecular flexibility index (Phi) is 7.43. The van der Waals surface area contributed by atoms with E-state index in [-0.39, 0.29) is 19.1 Å². The number of hydrogen-bond donors (Lipinski definition) is 3. The summed E-state index contributed by atoms with van der Waals surface area (Å²) in [6, 6.07) is 7.33. The number of ether oxygens (including phenoxy) is 1. The lowest BCUT2D eigenvalue weighted by atomic mass is 10.2. The quantitative estimate of drug-likeness (QED) is 0.653. The Morgan fingerprint density at radius 1 is 1.42 bits per heavy atom. The predicted octanol–water partition coefficient (Wildman–Crippen LogP) is 0.553. The van der Waals surface area contributed by atoms with Crippen LogP contribution in [0.1, 0.15) is 5.56 Å². The molecule has 106 valence electrons. The first-order valence-corrected chi connectivity index (χ1v) is 6.41. The molecule has 0 fully saturated rings. The number of carbonyl (C=O) groups is 1. The molecule has 0 spiro atoms. The Hall–Kier alpha value is -1.14. The molecular weight excluding hydrogens is 268 g/mol. The van der Waals surface area contributed by atoms with E-state index in [1.54, 1.807) is 19.2 Å².